The van der Waals surface area contributed by atoms with Crippen LogP contribution in [0.15, 0.2) is 48.6 Å². The molecule has 1 rings (SSSR count). The molecule has 0 bridgehead atoms. The zero-order valence-electron chi connectivity index (χ0n) is 12.0. The first-order chi connectivity index (χ1) is 10.5. The van der Waals surface area contributed by atoms with Crippen LogP contribution in [0.3, 0.4) is 0 Å². The number of carbonyl (C=O) groups excluding carboxylic acids is 1. The van der Waals surface area contributed by atoms with Crippen LogP contribution in [-0.4, -0.2) is 12.5 Å². The van der Waals surface area contributed by atoms with Crippen LogP contribution in [0.4, 0.5) is 10.1 Å². The van der Waals surface area contributed by atoms with Crippen LogP contribution in [0.1, 0.15) is 11.1 Å². The number of hydrogen-bond acceptors (Lipinski definition) is 4. The predicted octanol–water partition coefficient (Wildman–Crippen LogP) is 1.52. The van der Waals surface area contributed by atoms with Gasteiger partial charge < -0.3 is 16.8 Å². The maximum absolute atomic E-state index is 13.5. The number of allylic oxidation sites excluding steroid dienone is 2. The molecule has 0 saturated heterocycles. The lowest BCUT2D eigenvalue weighted by Gasteiger charge is -2.06. The van der Waals surface area contributed by atoms with Gasteiger partial charge in [-0.1, -0.05) is 24.8 Å². The zero-order chi connectivity index (χ0) is 16.5. The highest BCUT2D eigenvalue weighted by Gasteiger charge is 2.08. The van der Waals surface area contributed by atoms with Crippen molar-refractivity contribution in [3.8, 4) is 6.07 Å². The summed E-state index contributed by atoms with van der Waals surface area (Å²) in [5.41, 5.74) is 12.0. The number of nitriles is 1. The number of carbonyl (C=O) groups is 1. The van der Waals surface area contributed by atoms with Crippen LogP contribution in [0.5, 0.6) is 0 Å². The van der Waals surface area contributed by atoms with E-state index >= 15 is 0 Å². The van der Waals surface area contributed by atoms with Crippen LogP contribution >= 0.6 is 0 Å². The van der Waals surface area contributed by atoms with E-state index in [2.05, 4.69) is 11.9 Å². The molecule has 0 heterocycles. The molecule has 0 fully saturated rings. The first kappa shape index (κ1) is 17.1. The molecule has 0 aliphatic rings. The average Bonchev–Trinajstić information content (AvgIpc) is 2.52. The van der Waals surface area contributed by atoms with Crippen LogP contribution in [0.25, 0.3) is 0 Å². The van der Waals surface area contributed by atoms with E-state index in [0.717, 1.165) is 5.57 Å². The maximum atomic E-state index is 13.5. The second-order valence-electron chi connectivity index (χ2n) is 4.38. The summed E-state index contributed by atoms with van der Waals surface area (Å²) >= 11 is 0. The van der Waals surface area contributed by atoms with Crippen LogP contribution in [0, 0.1) is 17.1 Å². The van der Waals surface area contributed by atoms with E-state index in [1.54, 1.807) is 24.3 Å². The molecule has 6 heteroatoms. The first-order valence-electron chi connectivity index (χ1n) is 6.47. The van der Waals surface area contributed by atoms with Gasteiger partial charge in [-0.3, -0.25) is 4.79 Å². The first-order valence-corrected chi connectivity index (χ1v) is 6.47. The van der Waals surface area contributed by atoms with Crippen molar-refractivity contribution in [1.29, 1.82) is 5.26 Å². The number of benzene rings is 1. The minimum Gasteiger partial charge on any atom is -0.395 e. The van der Waals surface area contributed by atoms with Crippen molar-refractivity contribution in [2.24, 2.45) is 5.73 Å². The van der Waals surface area contributed by atoms with E-state index < -0.39 is 5.82 Å². The Morgan fingerprint density at radius 3 is 2.77 bits per heavy atom. The topological polar surface area (TPSA) is 105 Å². The van der Waals surface area contributed by atoms with E-state index in [1.807, 2.05) is 0 Å². The standard InChI is InChI=1S/C16H17FN4O/c1-2-3-11(8-18)4-5-15(22)21-10-12-6-13(9-19)16(20)14(17)7-12/h2-7H,1,8,10,18,20H2,(H,21,22)/b5-4+,11-3-. The largest absolute Gasteiger partial charge is 0.395 e. The molecule has 0 spiro atoms. The van der Waals surface area contributed by atoms with E-state index in [0.29, 0.717) is 5.56 Å². The van der Waals surface area contributed by atoms with Gasteiger partial charge >= 0.3 is 0 Å². The summed E-state index contributed by atoms with van der Waals surface area (Å²) in [6.45, 7) is 3.91. The molecule has 0 aromatic heterocycles. The van der Waals surface area contributed by atoms with E-state index in [4.69, 9.17) is 16.7 Å². The van der Waals surface area contributed by atoms with E-state index in [9.17, 15) is 9.18 Å². The molecule has 22 heavy (non-hydrogen) atoms. The molecule has 1 aromatic rings. The van der Waals surface area contributed by atoms with Crippen molar-refractivity contribution >= 4 is 11.6 Å². The van der Waals surface area contributed by atoms with Crippen molar-refractivity contribution < 1.29 is 9.18 Å². The molecule has 0 radical (unpaired) electrons. The number of amides is 1. The lowest BCUT2D eigenvalue weighted by atomic mass is 10.1. The molecule has 0 unspecified atom stereocenters. The summed E-state index contributed by atoms with van der Waals surface area (Å²) in [6.07, 6.45) is 6.16. The van der Waals surface area contributed by atoms with Crippen LogP contribution in [-0.2, 0) is 11.3 Å². The lowest BCUT2D eigenvalue weighted by Crippen LogP contribution is -2.20. The molecular weight excluding hydrogens is 283 g/mol. The van der Waals surface area contributed by atoms with Gasteiger partial charge in [0.1, 0.15) is 11.9 Å². The van der Waals surface area contributed by atoms with Gasteiger partial charge in [-0.2, -0.15) is 5.26 Å². The molecule has 0 aliphatic carbocycles. The van der Waals surface area contributed by atoms with Gasteiger partial charge in [0.15, 0.2) is 0 Å². The predicted molar refractivity (Wildman–Crippen MR) is 83.8 cm³/mol. The Morgan fingerprint density at radius 1 is 1.45 bits per heavy atom. The fourth-order valence-corrected chi connectivity index (χ4v) is 1.64. The molecule has 5 nitrogen and oxygen atoms in total. The Labute approximate surface area is 128 Å². The number of anilines is 1. The Balaban J connectivity index is 2.71. The van der Waals surface area contributed by atoms with Crippen LogP contribution in [0.2, 0.25) is 0 Å². The Bertz CT molecular complexity index is 671. The van der Waals surface area contributed by atoms with Gasteiger partial charge in [0.2, 0.25) is 5.91 Å². The van der Waals surface area contributed by atoms with E-state index in [-0.39, 0.29) is 30.2 Å². The molecule has 0 saturated carbocycles. The second-order valence-corrected chi connectivity index (χ2v) is 4.38. The van der Waals surface area contributed by atoms with Gasteiger partial charge in [-0.15, -0.1) is 0 Å². The summed E-state index contributed by atoms with van der Waals surface area (Å²) in [7, 11) is 0. The van der Waals surface area contributed by atoms with Gasteiger partial charge in [0.05, 0.1) is 11.3 Å². The zero-order valence-corrected chi connectivity index (χ0v) is 12.0. The molecule has 0 atom stereocenters. The smallest absolute Gasteiger partial charge is 0.244 e. The quantitative estimate of drug-likeness (QED) is 0.421. The fourth-order valence-electron chi connectivity index (χ4n) is 1.64. The monoisotopic (exact) mass is 300 g/mol. The summed E-state index contributed by atoms with van der Waals surface area (Å²) in [4.78, 5) is 11.7. The highest BCUT2D eigenvalue weighted by Crippen LogP contribution is 2.17. The van der Waals surface area contributed by atoms with Gasteiger partial charge in [0.25, 0.3) is 0 Å². The minimum absolute atomic E-state index is 0.0409. The normalized spacial score (nSPS) is 11.2. The van der Waals surface area contributed by atoms with Gasteiger partial charge in [0, 0.05) is 19.2 Å². The van der Waals surface area contributed by atoms with Gasteiger partial charge in [-0.25, -0.2) is 4.39 Å². The molecule has 114 valence electrons. The number of nitrogen functional groups attached to an aromatic ring is 1. The fraction of sp³-hybridized carbons (Fsp3) is 0.125. The number of rotatable bonds is 6. The van der Waals surface area contributed by atoms with Crippen molar-refractivity contribution in [2.45, 2.75) is 6.54 Å². The summed E-state index contributed by atoms with van der Waals surface area (Å²) in [5, 5.41) is 11.4. The van der Waals surface area contributed by atoms with Crippen molar-refractivity contribution in [1.82, 2.24) is 5.32 Å². The maximum Gasteiger partial charge on any atom is 0.244 e. The highest BCUT2D eigenvalue weighted by atomic mass is 19.1. The van der Waals surface area contributed by atoms with E-state index in [1.165, 1.54) is 18.2 Å². The molecule has 0 aliphatic heterocycles. The molecule has 1 amide bonds. The third-order valence-electron chi connectivity index (χ3n) is 2.79. The van der Waals surface area contributed by atoms with Crippen molar-refractivity contribution in [2.75, 3.05) is 12.3 Å². The number of hydrogen-bond donors (Lipinski definition) is 3. The summed E-state index contributed by atoms with van der Waals surface area (Å²) < 4.78 is 13.5. The Morgan fingerprint density at radius 2 is 2.18 bits per heavy atom. The Hall–Kier alpha value is -2.91. The van der Waals surface area contributed by atoms with Gasteiger partial charge in [-0.05, 0) is 23.3 Å². The number of nitrogens with one attached hydrogen (secondary N) is 1. The third-order valence-corrected chi connectivity index (χ3v) is 2.79. The lowest BCUT2D eigenvalue weighted by molar-refractivity contribution is -0.116. The van der Waals surface area contributed by atoms with Crippen LogP contribution < -0.4 is 16.8 Å². The molecular formula is C16H17FN4O. The van der Waals surface area contributed by atoms with Crippen molar-refractivity contribution in [3.05, 3.63) is 65.5 Å². The summed E-state index contributed by atoms with van der Waals surface area (Å²) in [6, 6.07) is 4.42. The minimum atomic E-state index is -0.682. The Kier molecular flexibility index (Phi) is 6.54. The number of halogens is 1. The highest BCUT2D eigenvalue weighted by molar-refractivity contribution is 5.87. The summed E-state index contributed by atoms with van der Waals surface area (Å²) in [5.74, 6) is -1.04. The third kappa shape index (κ3) is 4.89. The number of nitrogens with zero attached hydrogens (tertiary/aromatic N) is 1. The second kappa shape index (κ2) is 8.39. The van der Waals surface area contributed by atoms with Crippen molar-refractivity contribution in [3.63, 3.8) is 0 Å². The SMILES string of the molecule is C=C/C=C(/C=C/C(=O)NCc1cc(F)c(N)c(C#N)c1)CN. The molecule has 5 N–H and O–H groups in total. The number of nitrogens with two attached hydrogens (primary N) is 2. The molecule has 1 aromatic carbocycles. The average molecular weight is 300 g/mol.